The highest BCUT2D eigenvalue weighted by molar-refractivity contribution is 5.73. The first kappa shape index (κ1) is 20.5. The highest BCUT2D eigenvalue weighted by Gasteiger charge is 2.34. The van der Waals surface area contributed by atoms with Crippen molar-refractivity contribution in [3.05, 3.63) is 66.8 Å². The van der Waals surface area contributed by atoms with Crippen LogP contribution in [-0.4, -0.2) is 53.9 Å². The largest absolute Gasteiger partial charge is 0.489 e. The summed E-state index contributed by atoms with van der Waals surface area (Å²) < 4.78 is 6.00. The van der Waals surface area contributed by atoms with Gasteiger partial charge in [0.1, 0.15) is 11.9 Å². The van der Waals surface area contributed by atoms with Gasteiger partial charge in [0.05, 0.1) is 12.6 Å². The Bertz CT molecular complexity index is 697. The molecular weight excluding hydrogens is 340 g/mol. The second-order valence-electron chi connectivity index (χ2n) is 6.60. The van der Waals surface area contributed by atoms with Crippen molar-refractivity contribution in [1.29, 1.82) is 0 Å². The average molecular weight is 368 g/mol. The Balaban J connectivity index is 2.03. The molecule has 0 bridgehead atoms. The van der Waals surface area contributed by atoms with Crippen LogP contribution in [0, 0.1) is 0 Å². The molecule has 5 nitrogen and oxygen atoms in total. The molecule has 0 N–H and O–H groups in total. The number of hydrogen-bond acceptors (Lipinski definition) is 3. The molecule has 0 radical (unpaired) electrons. The van der Waals surface area contributed by atoms with Gasteiger partial charge in [0.2, 0.25) is 12.3 Å². The summed E-state index contributed by atoms with van der Waals surface area (Å²) in [4.78, 5) is 27.2. The summed E-state index contributed by atoms with van der Waals surface area (Å²) in [5, 5.41) is 0. The molecule has 0 aromatic heterocycles. The SMILES string of the molecule is C=C/C=C\C(=C/C)CN(CC1CC(Oc2ccccc2)CN1C=O)C(C)=O. The quantitative estimate of drug-likeness (QED) is 0.497. The molecule has 1 heterocycles. The van der Waals surface area contributed by atoms with Crippen LogP contribution in [0.25, 0.3) is 0 Å². The molecule has 2 amide bonds. The van der Waals surface area contributed by atoms with E-state index in [0.717, 1.165) is 17.7 Å². The van der Waals surface area contributed by atoms with Gasteiger partial charge in [0.25, 0.3) is 0 Å². The van der Waals surface area contributed by atoms with Gasteiger partial charge in [-0.2, -0.15) is 0 Å². The molecule has 0 spiro atoms. The lowest BCUT2D eigenvalue weighted by Crippen LogP contribution is -2.42. The normalized spacial score (nSPS) is 19.9. The van der Waals surface area contributed by atoms with Crippen LogP contribution in [0.3, 0.4) is 0 Å². The maximum atomic E-state index is 12.1. The van der Waals surface area contributed by atoms with Gasteiger partial charge in [-0.3, -0.25) is 9.59 Å². The van der Waals surface area contributed by atoms with Gasteiger partial charge in [-0.1, -0.05) is 49.1 Å². The zero-order valence-electron chi connectivity index (χ0n) is 16.1. The molecule has 2 unspecified atom stereocenters. The van der Waals surface area contributed by atoms with E-state index in [2.05, 4.69) is 6.58 Å². The van der Waals surface area contributed by atoms with Crippen molar-refractivity contribution >= 4 is 12.3 Å². The third-order valence-electron chi connectivity index (χ3n) is 4.67. The van der Waals surface area contributed by atoms with Crippen LogP contribution in [0.5, 0.6) is 5.75 Å². The van der Waals surface area contributed by atoms with E-state index in [4.69, 9.17) is 4.74 Å². The summed E-state index contributed by atoms with van der Waals surface area (Å²) in [6.45, 7) is 8.70. The molecule has 1 saturated heterocycles. The lowest BCUT2D eigenvalue weighted by Gasteiger charge is -2.28. The highest BCUT2D eigenvalue weighted by atomic mass is 16.5. The monoisotopic (exact) mass is 368 g/mol. The Morgan fingerprint density at radius 1 is 1.37 bits per heavy atom. The lowest BCUT2D eigenvalue weighted by atomic mass is 10.1. The minimum absolute atomic E-state index is 0.0142. The van der Waals surface area contributed by atoms with Crippen LogP contribution in [0.2, 0.25) is 0 Å². The predicted octanol–water partition coefficient (Wildman–Crippen LogP) is 3.20. The van der Waals surface area contributed by atoms with Crippen LogP contribution < -0.4 is 4.74 Å². The standard InChI is InChI=1S/C22H28N2O3/c1-4-6-10-19(5-2)14-23(18(3)26)15-20-13-22(16-24(20)17-25)27-21-11-8-7-9-12-21/h4-12,17,20,22H,1,13-16H2,2-3H3/b10-6-,19-5+. The topological polar surface area (TPSA) is 49.9 Å². The van der Waals surface area contributed by atoms with Crippen molar-refractivity contribution in [2.45, 2.75) is 32.4 Å². The minimum Gasteiger partial charge on any atom is -0.489 e. The Morgan fingerprint density at radius 3 is 2.70 bits per heavy atom. The third-order valence-corrected chi connectivity index (χ3v) is 4.67. The number of allylic oxidation sites excluding steroid dienone is 3. The molecular formula is C22H28N2O3. The van der Waals surface area contributed by atoms with Crippen LogP contribution in [0.1, 0.15) is 20.3 Å². The summed E-state index contributed by atoms with van der Waals surface area (Å²) in [7, 11) is 0. The number of carbonyl (C=O) groups is 2. The van der Waals surface area contributed by atoms with Gasteiger partial charge in [-0.15, -0.1) is 0 Å². The molecule has 1 fully saturated rings. The fourth-order valence-electron chi connectivity index (χ4n) is 3.19. The van der Waals surface area contributed by atoms with E-state index in [-0.39, 0.29) is 18.1 Å². The Morgan fingerprint density at radius 2 is 2.11 bits per heavy atom. The van der Waals surface area contributed by atoms with E-state index in [0.29, 0.717) is 26.1 Å². The molecule has 0 saturated carbocycles. The zero-order valence-corrected chi connectivity index (χ0v) is 16.1. The van der Waals surface area contributed by atoms with Crippen LogP contribution in [0.4, 0.5) is 0 Å². The first-order valence-electron chi connectivity index (χ1n) is 9.20. The number of ether oxygens (including phenoxy) is 1. The van der Waals surface area contributed by atoms with Gasteiger partial charge in [-0.05, 0) is 24.6 Å². The van der Waals surface area contributed by atoms with E-state index in [1.165, 1.54) is 0 Å². The van der Waals surface area contributed by atoms with Crippen molar-refractivity contribution in [1.82, 2.24) is 9.80 Å². The summed E-state index contributed by atoms with van der Waals surface area (Å²) in [5.74, 6) is 0.780. The van der Waals surface area contributed by atoms with Crippen molar-refractivity contribution in [3.63, 3.8) is 0 Å². The van der Waals surface area contributed by atoms with Gasteiger partial charge >= 0.3 is 0 Å². The van der Waals surface area contributed by atoms with Gasteiger partial charge in [0.15, 0.2) is 0 Å². The van der Waals surface area contributed by atoms with Gasteiger partial charge in [-0.25, -0.2) is 0 Å². The fourth-order valence-corrected chi connectivity index (χ4v) is 3.19. The number of carbonyl (C=O) groups excluding carboxylic acids is 2. The lowest BCUT2D eigenvalue weighted by molar-refractivity contribution is -0.130. The summed E-state index contributed by atoms with van der Waals surface area (Å²) >= 11 is 0. The van der Waals surface area contributed by atoms with Crippen molar-refractivity contribution < 1.29 is 14.3 Å². The summed E-state index contributed by atoms with van der Waals surface area (Å²) in [5.41, 5.74) is 1.03. The number of likely N-dealkylation sites (tertiary alicyclic amines) is 1. The Kier molecular flexibility index (Phi) is 7.86. The number of amides is 2. The number of hydrogen-bond donors (Lipinski definition) is 0. The smallest absolute Gasteiger partial charge is 0.219 e. The van der Waals surface area contributed by atoms with Crippen molar-refractivity contribution in [2.24, 2.45) is 0 Å². The predicted molar refractivity (Wildman–Crippen MR) is 107 cm³/mol. The summed E-state index contributed by atoms with van der Waals surface area (Å²) in [6.07, 6.45) is 8.96. The molecule has 1 aromatic rings. The second-order valence-corrected chi connectivity index (χ2v) is 6.60. The van der Waals surface area contributed by atoms with Crippen LogP contribution >= 0.6 is 0 Å². The van der Waals surface area contributed by atoms with Gasteiger partial charge in [0, 0.05) is 26.4 Å². The first-order chi connectivity index (χ1) is 13.1. The molecule has 144 valence electrons. The highest BCUT2D eigenvalue weighted by Crippen LogP contribution is 2.23. The van der Waals surface area contributed by atoms with Crippen molar-refractivity contribution in [2.75, 3.05) is 19.6 Å². The molecule has 0 aliphatic carbocycles. The van der Waals surface area contributed by atoms with Gasteiger partial charge < -0.3 is 14.5 Å². The number of nitrogens with zero attached hydrogens (tertiary/aromatic N) is 2. The average Bonchev–Trinajstić information content (AvgIpc) is 3.06. The molecule has 2 atom stereocenters. The number of para-hydroxylation sites is 1. The van der Waals surface area contributed by atoms with Crippen LogP contribution in [0.15, 0.2) is 66.8 Å². The maximum Gasteiger partial charge on any atom is 0.219 e. The van der Waals surface area contributed by atoms with E-state index in [1.807, 2.05) is 55.5 Å². The first-order valence-corrected chi connectivity index (χ1v) is 9.20. The molecule has 27 heavy (non-hydrogen) atoms. The molecule has 1 aliphatic rings. The molecule has 1 aliphatic heterocycles. The zero-order chi connectivity index (χ0) is 19.6. The molecule has 2 rings (SSSR count). The second kappa shape index (κ2) is 10.4. The van der Waals surface area contributed by atoms with E-state index < -0.39 is 0 Å². The van der Waals surface area contributed by atoms with Crippen molar-refractivity contribution in [3.8, 4) is 5.75 Å². The fraction of sp³-hybridized carbons (Fsp3) is 0.364. The number of benzene rings is 1. The maximum absolute atomic E-state index is 12.1. The molecule has 5 heteroatoms. The minimum atomic E-state index is -0.0711. The third kappa shape index (κ3) is 6.13. The van der Waals surface area contributed by atoms with E-state index in [9.17, 15) is 9.59 Å². The number of rotatable bonds is 9. The van der Waals surface area contributed by atoms with E-state index in [1.54, 1.807) is 22.8 Å². The Labute approximate surface area is 161 Å². The van der Waals surface area contributed by atoms with E-state index >= 15 is 0 Å². The summed E-state index contributed by atoms with van der Waals surface area (Å²) in [6, 6.07) is 9.54. The Hall–Kier alpha value is -2.82. The van der Waals surface area contributed by atoms with Crippen LogP contribution in [-0.2, 0) is 9.59 Å². The molecule has 1 aromatic carbocycles.